The quantitative estimate of drug-likeness (QED) is 0.386. The first-order chi connectivity index (χ1) is 11.7. The minimum atomic E-state index is -0.475. The van der Waals surface area contributed by atoms with E-state index in [-0.39, 0.29) is 0 Å². The zero-order valence-corrected chi connectivity index (χ0v) is 16.8. The molecule has 146 valence electrons. The molecule has 0 spiro atoms. The monoisotopic (exact) mass is 355 g/mol. The molecule has 3 N–H and O–H groups in total. The van der Waals surface area contributed by atoms with Gasteiger partial charge in [-0.1, -0.05) is 6.42 Å². The first-order valence-corrected chi connectivity index (χ1v) is 9.40. The third-order valence-electron chi connectivity index (χ3n) is 4.29. The lowest BCUT2D eigenvalue weighted by molar-refractivity contribution is 0.0529. The molecule has 1 rings (SSSR count). The summed E-state index contributed by atoms with van der Waals surface area (Å²) in [4.78, 5) is 18.4. The van der Waals surface area contributed by atoms with Crippen LogP contribution in [0, 0.1) is 0 Å². The van der Waals surface area contributed by atoms with Crippen LogP contribution in [0.3, 0.4) is 0 Å². The maximum Gasteiger partial charge on any atom is 0.407 e. The normalized spacial score (nSPS) is 20.7. The van der Waals surface area contributed by atoms with Crippen molar-refractivity contribution in [2.45, 2.75) is 71.6 Å². The first kappa shape index (κ1) is 21.5. The number of ether oxygens (including phenoxy) is 1. The van der Waals surface area contributed by atoms with E-state index in [1.165, 1.54) is 25.8 Å². The Hall–Kier alpha value is -1.50. The molecule has 0 radical (unpaired) electrons. The first-order valence-electron chi connectivity index (χ1n) is 9.40. The van der Waals surface area contributed by atoms with Gasteiger partial charge >= 0.3 is 6.09 Å². The largest absolute Gasteiger partial charge is 0.444 e. The number of amides is 1. The highest BCUT2D eigenvalue weighted by molar-refractivity contribution is 5.79. The maximum atomic E-state index is 11.6. The molecule has 0 saturated carbocycles. The zero-order chi connectivity index (χ0) is 18.9. The molecule has 0 aromatic carbocycles. The fraction of sp³-hybridized carbons (Fsp3) is 0.889. The number of hydrogen-bond acceptors (Lipinski definition) is 4. The van der Waals surface area contributed by atoms with E-state index in [0.29, 0.717) is 25.2 Å². The van der Waals surface area contributed by atoms with Crippen molar-refractivity contribution in [1.82, 2.24) is 20.9 Å². The molecule has 0 aromatic heterocycles. The van der Waals surface area contributed by atoms with Gasteiger partial charge in [0.1, 0.15) is 5.60 Å². The summed E-state index contributed by atoms with van der Waals surface area (Å²) < 4.78 is 5.20. The summed E-state index contributed by atoms with van der Waals surface area (Å²) in [6.07, 6.45) is 3.52. The molecule has 2 unspecified atom stereocenters. The minimum Gasteiger partial charge on any atom is -0.444 e. The van der Waals surface area contributed by atoms with Gasteiger partial charge in [0.05, 0.1) is 0 Å². The molecular weight excluding hydrogens is 318 g/mol. The summed E-state index contributed by atoms with van der Waals surface area (Å²) in [6, 6.07) is 1.12. The fourth-order valence-electron chi connectivity index (χ4n) is 3.02. The van der Waals surface area contributed by atoms with Gasteiger partial charge < -0.3 is 20.7 Å². The number of hydrogen-bond donors (Lipinski definition) is 3. The summed E-state index contributed by atoms with van der Waals surface area (Å²) in [5, 5.41) is 9.30. The molecule has 1 heterocycles. The van der Waals surface area contributed by atoms with Gasteiger partial charge in [-0.2, -0.15) is 0 Å². The Bertz CT molecular complexity index is 434. The van der Waals surface area contributed by atoms with Crippen molar-refractivity contribution in [3.63, 3.8) is 0 Å². The Balaban J connectivity index is 2.23. The Morgan fingerprint density at radius 2 is 1.92 bits per heavy atom. The third kappa shape index (κ3) is 8.95. The number of carbonyl (C=O) groups excluding carboxylic acids is 1. The van der Waals surface area contributed by atoms with E-state index in [9.17, 15) is 4.79 Å². The van der Waals surface area contributed by atoms with Gasteiger partial charge in [-0.25, -0.2) is 4.79 Å². The lowest BCUT2D eigenvalue weighted by atomic mass is 10.0. The van der Waals surface area contributed by atoms with Crippen LogP contribution in [-0.4, -0.2) is 67.9 Å². The molecule has 1 aliphatic heterocycles. The van der Waals surface area contributed by atoms with Crippen molar-refractivity contribution < 1.29 is 9.53 Å². The van der Waals surface area contributed by atoms with Crippen molar-refractivity contribution in [2.24, 2.45) is 4.99 Å². The molecular formula is C18H37N5O2. The van der Waals surface area contributed by atoms with E-state index in [1.54, 1.807) is 7.05 Å². The zero-order valence-electron chi connectivity index (χ0n) is 16.8. The number of carbonyl (C=O) groups is 1. The van der Waals surface area contributed by atoms with E-state index in [2.05, 4.69) is 39.7 Å². The lowest BCUT2D eigenvalue weighted by Crippen LogP contribution is -2.50. The predicted octanol–water partition coefficient (Wildman–Crippen LogP) is 1.94. The highest BCUT2D eigenvalue weighted by Crippen LogP contribution is 2.18. The lowest BCUT2D eigenvalue weighted by Gasteiger charge is -2.38. The average molecular weight is 356 g/mol. The van der Waals surface area contributed by atoms with Crippen LogP contribution in [0.5, 0.6) is 0 Å². The van der Waals surface area contributed by atoms with Crippen LogP contribution >= 0.6 is 0 Å². The molecule has 25 heavy (non-hydrogen) atoms. The standard InChI is InChI=1S/C18H37N5O2/c1-14-9-7-8-12-23(14)15(2)13-22-16(19-6)20-10-11-21-17(24)25-18(3,4)5/h14-15H,7-13H2,1-6H3,(H,21,24)(H2,19,20,22). The Kier molecular flexibility index (Phi) is 9.03. The van der Waals surface area contributed by atoms with Gasteiger partial charge in [0.2, 0.25) is 0 Å². The molecule has 7 heteroatoms. The number of piperidine rings is 1. The van der Waals surface area contributed by atoms with Gasteiger partial charge in [0.15, 0.2) is 5.96 Å². The number of aliphatic imine (C=N–C) groups is 1. The van der Waals surface area contributed by atoms with Crippen LogP contribution in [0.1, 0.15) is 53.9 Å². The summed E-state index contributed by atoms with van der Waals surface area (Å²) in [6.45, 7) is 13.2. The van der Waals surface area contributed by atoms with Crippen molar-refractivity contribution >= 4 is 12.1 Å². The van der Waals surface area contributed by atoms with E-state index in [0.717, 1.165) is 12.5 Å². The van der Waals surface area contributed by atoms with Crippen molar-refractivity contribution in [1.29, 1.82) is 0 Å². The van der Waals surface area contributed by atoms with E-state index >= 15 is 0 Å². The second-order valence-corrected chi connectivity index (χ2v) is 7.74. The van der Waals surface area contributed by atoms with E-state index < -0.39 is 11.7 Å². The number of nitrogens with one attached hydrogen (secondary N) is 3. The summed E-state index contributed by atoms with van der Waals surface area (Å²) in [5.41, 5.74) is -0.475. The van der Waals surface area contributed by atoms with Crippen molar-refractivity contribution in [3.05, 3.63) is 0 Å². The molecule has 0 aliphatic carbocycles. The molecule has 0 bridgehead atoms. The van der Waals surface area contributed by atoms with Crippen LogP contribution in [-0.2, 0) is 4.74 Å². The van der Waals surface area contributed by atoms with Crippen LogP contribution in [0.25, 0.3) is 0 Å². The molecule has 1 fully saturated rings. The number of alkyl carbamates (subject to hydrolysis) is 1. The van der Waals surface area contributed by atoms with Gasteiger partial charge in [-0.05, 0) is 54.0 Å². The number of nitrogens with zero attached hydrogens (tertiary/aromatic N) is 2. The van der Waals surface area contributed by atoms with Gasteiger partial charge in [0.25, 0.3) is 0 Å². The van der Waals surface area contributed by atoms with Gasteiger partial charge in [0, 0.05) is 38.8 Å². The molecule has 1 saturated heterocycles. The van der Waals surface area contributed by atoms with Crippen LogP contribution in [0.2, 0.25) is 0 Å². The maximum absolute atomic E-state index is 11.6. The van der Waals surface area contributed by atoms with Crippen molar-refractivity contribution in [3.8, 4) is 0 Å². The summed E-state index contributed by atoms with van der Waals surface area (Å²) in [5.74, 6) is 0.752. The van der Waals surface area contributed by atoms with Gasteiger partial charge in [-0.3, -0.25) is 9.89 Å². The molecule has 0 aromatic rings. The third-order valence-corrected chi connectivity index (χ3v) is 4.29. The number of guanidine groups is 1. The second kappa shape index (κ2) is 10.5. The highest BCUT2D eigenvalue weighted by Gasteiger charge is 2.23. The Morgan fingerprint density at radius 1 is 1.24 bits per heavy atom. The van der Waals surface area contributed by atoms with Crippen LogP contribution < -0.4 is 16.0 Å². The average Bonchev–Trinajstić information content (AvgIpc) is 2.52. The van der Waals surface area contributed by atoms with Crippen molar-refractivity contribution in [2.75, 3.05) is 33.2 Å². The van der Waals surface area contributed by atoms with Gasteiger partial charge in [-0.15, -0.1) is 0 Å². The molecule has 1 amide bonds. The van der Waals surface area contributed by atoms with E-state index in [4.69, 9.17) is 4.74 Å². The molecule has 2 atom stereocenters. The summed E-state index contributed by atoms with van der Waals surface area (Å²) in [7, 11) is 1.75. The topological polar surface area (TPSA) is 78.0 Å². The molecule has 7 nitrogen and oxygen atoms in total. The van der Waals surface area contributed by atoms with E-state index in [1.807, 2.05) is 20.8 Å². The predicted molar refractivity (Wildman–Crippen MR) is 103 cm³/mol. The smallest absolute Gasteiger partial charge is 0.407 e. The van der Waals surface area contributed by atoms with Crippen LogP contribution in [0.4, 0.5) is 4.79 Å². The SMILES string of the molecule is CN=C(NCCNC(=O)OC(C)(C)C)NCC(C)N1CCCCC1C. The Labute approximate surface area is 153 Å². The summed E-state index contributed by atoms with van der Waals surface area (Å²) >= 11 is 0. The number of rotatable bonds is 6. The Morgan fingerprint density at radius 3 is 2.52 bits per heavy atom. The highest BCUT2D eigenvalue weighted by atomic mass is 16.6. The second-order valence-electron chi connectivity index (χ2n) is 7.74. The minimum absolute atomic E-state index is 0.398. The molecule has 1 aliphatic rings. The number of likely N-dealkylation sites (tertiary alicyclic amines) is 1. The van der Waals surface area contributed by atoms with Crippen LogP contribution in [0.15, 0.2) is 4.99 Å². The fourth-order valence-corrected chi connectivity index (χ4v) is 3.02.